The van der Waals surface area contributed by atoms with Crippen LogP contribution in [0.2, 0.25) is 0 Å². The number of aromatic hydroxyl groups is 1. The fraction of sp³-hybridized carbons (Fsp3) is 0.0833. The fourth-order valence-corrected chi connectivity index (χ4v) is 1.47. The number of phenolic OH excluding ortho intramolecular Hbond substituents is 1. The molecule has 2 rings (SSSR count). The van der Waals surface area contributed by atoms with E-state index in [9.17, 15) is 10.0 Å². The van der Waals surface area contributed by atoms with Gasteiger partial charge >= 0.3 is 0 Å². The lowest BCUT2D eigenvalue weighted by molar-refractivity contribution is 0.477. The molecular weight excluding hydrogens is 204 g/mol. The molecule has 0 radical (unpaired) electrons. The summed E-state index contributed by atoms with van der Waals surface area (Å²) in [5, 5.41) is 12.4. The van der Waals surface area contributed by atoms with Gasteiger partial charge < -0.3 is 5.11 Å². The van der Waals surface area contributed by atoms with Gasteiger partial charge in [-0.2, -0.15) is 4.91 Å². The number of nitroso groups, excluding NO2 is 1. The summed E-state index contributed by atoms with van der Waals surface area (Å²) < 4.78 is 0. The van der Waals surface area contributed by atoms with Crippen molar-refractivity contribution in [2.75, 3.05) is 0 Å². The van der Waals surface area contributed by atoms with E-state index in [1.807, 2.05) is 6.07 Å². The van der Waals surface area contributed by atoms with Gasteiger partial charge in [0.2, 0.25) is 0 Å². The zero-order chi connectivity index (χ0) is 11.4. The van der Waals surface area contributed by atoms with Crippen molar-refractivity contribution < 1.29 is 5.11 Å². The van der Waals surface area contributed by atoms with E-state index in [0.29, 0.717) is 17.0 Å². The second-order valence-electron chi connectivity index (χ2n) is 3.32. The minimum Gasteiger partial charge on any atom is -0.507 e. The third kappa shape index (κ3) is 2.06. The molecule has 1 aromatic carbocycles. The summed E-state index contributed by atoms with van der Waals surface area (Å²) in [7, 11) is 0. The number of hydrogen-bond acceptors (Lipinski definition) is 4. The maximum absolute atomic E-state index is 10.1. The van der Waals surface area contributed by atoms with Gasteiger partial charge in [0.15, 0.2) is 0 Å². The largest absolute Gasteiger partial charge is 0.507 e. The third-order valence-electron chi connectivity index (χ3n) is 2.21. The lowest BCUT2D eigenvalue weighted by Gasteiger charge is -2.04. The molecule has 0 atom stereocenters. The van der Waals surface area contributed by atoms with Crippen molar-refractivity contribution in [3.8, 4) is 17.0 Å². The molecule has 1 aromatic heterocycles. The molecule has 16 heavy (non-hydrogen) atoms. The molecular formula is C12H10N2O2. The first kappa shape index (κ1) is 10.3. The van der Waals surface area contributed by atoms with Gasteiger partial charge in [-0.25, -0.2) is 0 Å². The van der Waals surface area contributed by atoms with E-state index in [0.717, 1.165) is 0 Å². The summed E-state index contributed by atoms with van der Waals surface area (Å²) in [5.74, 6) is 0.172. The Morgan fingerprint density at radius 2 is 1.94 bits per heavy atom. The van der Waals surface area contributed by atoms with Crippen molar-refractivity contribution in [1.29, 1.82) is 0 Å². The van der Waals surface area contributed by atoms with Gasteiger partial charge in [0.05, 0.1) is 11.4 Å². The number of rotatable bonds is 3. The van der Waals surface area contributed by atoms with Gasteiger partial charge in [0.25, 0.3) is 0 Å². The monoisotopic (exact) mass is 214 g/mol. The van der Waals surface area contributed by atoms with Gasteiger partial charge in [-0.1, -0.05) is 23.4 Å². The van der Waals surface area contributed by atoms with Crippen LogP contribution in [0.15, 0.2) is 47.6 Å². The second kappa shape index (κ2) is 4.53. The molecule has 0 bridgehead atoms. The van der Waals surface area contributed by atoms with Crippen molar-refractivity contribution in [2.45, 2.75) is 6.54 Å². The Labute approximate surface area is 92.6 Å². The number of nitrogens with zero attached hydrogens (tertiary/aromatic N) is 2. The highest BCUT2D eigenvalue weighted by molar-refractivity contribution is 5.66. The molecule has 0 saturated heterocycles. The SMILES string of the molecule is O=NCc1cccc(-c2ccccc2O)n1. The predicted molar refractivity (Wildman–Crippen MR) is 60.8 cm³/mol. The minimum absolute atomic E-state index is 0.0431. The van der Waals surface area contributed by atoms with Crippen molar-refractivity contribution in [3.63, 3.8) is 0 Å². The summed E-state index contributed by atoms with van der Waals surface area (Å²) in [6.07, 6.45) is 0. The summed E-state index contributed by atoms with van der Waals surface area (Å²) in [5.41, 5.74) is 1.88. The predicted octanol–water partition coefficient (Wildman–Crippen LogP) is 2.72. The van der Waals surface area contributed by atoms with Crippen molar-refractivity contribution in [3.05, 3.63) is 53.1 Å². The number of aromatic nitrogens is 1. The van der Waals surface area contributed by atoms with Crippen molar-refractivity contribution >= 4 is 0 Å². The topological polar surface area (TPSA) is 62.5 Å². The van der Waals surface area contributed by atoms with Gasteiger partial charge in [0.1, 0.15) is 12.3 Å². The Morgan fingerprint density at radius 3 is 2.69 bits per heavy atom. The summed E-state index contributed by atoms with van der Waals surface area (Å²) in [6, 6.07) is 12.2. The molecule has 2 aromatic rings. The van der Waals surface area contributed by atoms with E-state index in [2.05, 4.69) is 10.2 Å². The molecule has 4 heteroatoms. The molecule has 80 valence electrons. The molecule has 0 unspecified atom stereocenters. The standard InChI is InChI=1S/C12H10N2O2/c15-12-7-2-1-5-10(12)11-6-3-4-9(14-11)8-13-16/h1-7,15H,8H2. The Bertz CT molecular complexity index is 512. The van der Waals surface area contributed by atoms with Gasteiger partial charge in [-0.05, 0) is 24.3 Å². The molecule has 1 heterocycles. The van der Waals surface area contributed by atoms with Crippen molar-refractivity contribution in [2.24, 2.45) is 5.18 Å². The molecule has 0 fully saturated rings. The van der Waals surface area contributed by atoms with Crippen LogP contribution < -0.4 is 0 Å². The van der Waals surface area contributed by atoms with E-state index in [-0.39, 0.29) is 12.3 Å². The molecule has 0 saturated carbocycles. The summed E-state index contributed by atoms with van der Waals surface area (Å²) in [6.45, 7) is 0.0431. The molecule has 0 spiro atoms. The highest BCUT2D eigenvalue weighted by Crippen LogP contribution is 2.26. The minimum atomic E-state index is 0.0431. The first-order valence-corrected chi connectivity index (χ1v) is 4.84. The normalized spacial score (nSPS) is 10.0. The Hall–Kier alpha value is -2.23. The maximum Gasteiger partial charge on any atom is 0.124 e. The fourth-order valence-electron chi connectivity index (χ4n) is 1.47. The molecule has 1 N–H and O–H groups in total. The van der Waals surface area contributed by atoms with Crippen LogP contribution in [0.1, 0.15) is 5.69 Å². The van der Waals surface area contributed by atoms with Gasteiger partial charge in [0, 0.05) is 5.56 Å². The zero-order valence-electron chi connectivity index (χ0n) is 8.50. The second-order valence-corrected chi connectivity index (χ2v) is 3.32. The number of phenols is 1. The molecule has 0 aliphatic carbocycles. The van der Waals surface area contributed by atoms with Crippen LogP contribution in [0.3, 0.4) is 0 Å². The number of para-hydroxylation sites is 1. The van der Waals surface area contributed by atoms with Crippen LogP contribution in [0.4, 0.5) is 0 Å². The first-order chi connectivity index (χ1) is 7.81. The maximum atomic E-state index is 10.1. The quantitative estimate of drug-likeness (QED) is 0.799. The van der Waals surface area contributed by atoms with E-state index >= 15 is 0 Å². The van der Waals surface area contributed by atoms with E-state index in [1.165, 1.54) is 0 Å². The average Bonchev–Trinajstić information content (AvgIpc) is 2.30. The van der Waals surface area contributed by atoms with Crippen LogP contribution in [-0.4, -0.2) is 10.1 Å². The first-order valence-electron chi connectivity index (χ1n) is 4.84. The Balaban J connectivity index is 2.44. The zero-order valence-corrected chi connectivity index (χ0v) is 8.50. The van der Waals surface area contributed by atoms with E-state index < -0.39 is 0 Å². The highest BCUT2D eigenvalue weighted by atomic mass is 16.3. The highest BCUT2D eigenvalue weighted by Gasteiger charge is 2.05. The van der Waals surface area contributed by atoms with Crippen LogP contribution in [0, 0.1) is 4.91 Å². The van der Waals surface area contributed by atoms with Gasteiger partial charge in [-0.3, -0.25) is 4.98 Å². The molecule has 0 aliphatic heterocycles. The molecule has 4 nitrogen and oxygen atoms in total. The van der Waals surface area contributed by atoms with E-state index in [1.54, 1.807) is 36.4 Å². The van der Waals surface area contributed by atoms with Crippen LogP contribution in [0.5, 0.6) is 5.75 Å². The van der Waals surface area contributed by atoms with E-state index in [4.69, 9.17) is 0 Å². The lowest BCUT2D eigenvalue weighted by atomic mass is 10.1. The number of benzene rings is 1. The Kier molecular flexibility index (Phi) is 2.91. The molecule has 0 aliphatic rings. The third-order valence-corrected chi connectivity index (χ3v) is 2.21. The number of hydrogen-bond donors (Lipinski definition) is 1. The summed E-state index contributed by atoms with van der Waals surface area (Å²) >= 11 is 0. The smallest absolute Gasteiger partial charge is 0.124 e. The van der Waals surface area contributed by atoms with Gasteiger partial charge in [-0.15, -0.1) is 0 Å². The Morgan fingerprint density at radius 1 is 1.12 bits per heavy atom. The molecule has 0 amide bonds. The average molecular weight is 214 g/mol. The van der Waals surface area contributed by atoms with Crippen LogP contribution in [-0.2, 0) is 6.54 Å². The summed E-state index contributed by atoms with van der Waals surface area (Å²) in [4.78, 5) is 14.4. The van der Waals surface area contributed by atoms with Crippen molar-refractivity contribution in [1.82, 2.24) is 4.98 Å². The number of pyridine rings is 1. The van der Waals surface area contributed by atoms with Crippen LogP contribution >= 0.6 is 0 Å². The van der Waals surface area contributed by atoms with Crippen LogP contribution in [0.25, 0.3) is 11.3 Å². The lowest BCUT2D eigenvalue weighted by Crippen LogP contribution is -1.90.